The van der Waals surface area contributed by atoms with Crippen LogP contribution in [-0.4, -0.2) is 17.8 Å². The van der Waals surface area contributed by atoms with Gasteiger partial charge in [-0.2, -0.15) is 0 Å². The number of benzene rings is 1. The normalized spacial score (nSPS) is 13.1. The molecule has 1 rings (SSSR count). The van der Waals surface area contributed by atoms with Gasteiger partial charge in [0.1, 0.15) is 5.82 Å². The van der Waals surface area contributed by atoms with Crippen LogP contribution in [0, 0.1) is 11.7 Å². The summed E-state index contributed by atoms with van der Waals surface area (Å²) in [6.45, 7) is 4.77. The zero-order valence-corrected chi connectivity index (χ0v) is 9.20. The maximum atomic E-state index is 12.9. The lowest BCUT2D eigenvalue weighted by Crippen LogP contribution is -2.36. The van der Waals surface area contributed by atoms with Crippen molar-refractivity contribution in [2.75, 3.05) is 6.61 Å². The molecule has 0 spiro atoms. The second-order valence-corrected chi connectivity index (χ2v) is 4.04. The van der Waals surface area contributed by atoms with Crippen LogP contribution in [0.25, 0.3) is 0 Å². The van der Waals surface area contributed by atoms with Crippen molar-refractivity contribution in [3.63, 3.8) is 0 Å². The topological polar surface area (TPSA) is 32.3 Å². The molecule has 2 nitrogen and oxygen atoms in total. The Kier molecular flexibility index (Phi) is 4.72. The van der Waals surface area contributed by atoms with Crippen LogP contribution in [0.1, 0.15) is 19.4 Å². The highest BCUT2D eigenvalue weighted by atomic mass is 19.1. The molecule has 1 aromatic rings. The van der Waals surface area contributed by atoms with Crippen molar-refractivity contribution in [2.45, 2.75) is 26.4 Å². The van der Waals surface area contributed by atoms with E-state index in [1.807, 2.05) is 19.9 Å². The molecule has 0 saturated heterocycles. The number of hydrogen-bond donors (Lipinski definition) is 2. The molecule has 0 saturated carbocycles. The zero-order valence-electron chi connectivity index (χ0n) is 9.20. The number of hydrogen-bond acceptors (Lipinski definition) is 2. The van der Waals surface area contributed by atoms with Crippen LogP contribution >= 0.6 is 0 Å². The van der Waals surface area contributed by atoms with E-state index in [2.05, 4.69) is 5.32 Å². The molecule has 0 heterocycles. The van der Waals surface area contributed by atoms with Crippen LogP contribution in [0.15, 0.2) is 24.3 Å². The number of nitrogens with one attached hydrogen (secondary N) is 1. The Labute approximate surface area is 90.1 Å². The molecule has 0 aromatic heterocycles. The van der Waals surface area contributed by atoms with Crippen molar-refractivity contribution in [1.29, 1.82) is 0 Å². The van der Waals surface area contributed by atoms with Gasteiger partial charge in [-0.15, -0.1) is 0 Å². The van der Waals surface area contributed by atoms with Crippen molar-refractivity contribution in [2.24, 2.45) is 5.92 Å². The van der Waals surface area contributed by atoms with Crippen molar-refractivity contribution < 1.29 is 9.50 Å². The summed E-state index contributed by atoms with van der Waals surface area (Å²) >= 11 is 0. The predicted molar refractivity (Wildman–Crippen MR) is 59.0 cm³/mol. The van der Waals surface area contributed by atoms with E-state index in [-0.39, 0.29) is 18.5 Å². The van der Waals surface area contributed by atoms with Crippen molar-refractivity contribution in [3.05, 3.63) is 35.6 Å². The fourth-order valence-electron chi connectivity index (χ4n) is 1.41. The molecule has 15 heavy (non-hydrogen) atoms. The first-order valence-corrected chi connectivity index (χ1v) is 5.22. The van der Waals surface area contributed by atoms with E-state index in [0.717, 1.165) is 5.56 Å². The number of halogens is 1. The van der Waals surface area contributed by atoms with Gasteiger partial charge in [0.25, 0.3) is 0 Å². The van der Waals surface area contributed by atoms with E-state index in [1.54, 1.807) is 6.07 Å². The fraction of sp³-hybridized carbons (Fsp3) is 0.500. The summed E-state index contributed by atoms with van der Waals surface area (Å²) in [5.41, 5.74) is 0.897. The minimum absolute atomic E-state index is 0.0632. The summed E-state index contributed by atoms with van der Waals surface area (Å²) in [6, 6.07) is 6.55. The van der Waals surface area contributed by atoms with E-state index in [4.69, 9.17) is 5.11 Å². The van der Waals surface area contributed by atoms with Crippen LogP contribution < -0.4 is 5.32 Å². The maximum Gasteiger partial charge on any atom is 0.123 e. The van der Waals surface area contributed by atoms with Crippen LogP contribution in [0.4, 0.5) is 4.39 Å². The molecule has 0 radical (unpaired) electrons. The van der Waals surface area contributed by atoms with Crippen molar-refractivity contribution >= 4 is 0 Å². The van der Waals surface area contributed by atoms with E-state index in [0.29, 0.717) is 12.5 Å². The summed E-state index contributed by atoms with van der Waals surface area (Å²) in [5, 5.41) is 12.3. The first kappa shape index (κ1) is 12.1. The smallest absolute Gasteiger partial charge is 0.123 e. The van der Waals surface area contributed by atoms with Gasteiger partial charge in [-0.25, -0.2) is 4.39 Å². The third-order valence-corrected chi connectivity index (χ3v) is 2.46. The molecule has 0 aliphatic carbocycles. The largest absolute Gasteiger partial charge is 0.395 e. The lowest BCUT2D eigenvalue weighted by Gasteiger charge is -2.19. The van der Waals surface area contributed by atoms with E-state index >= 15 is 0 Å². The Bertz CT molecular complexity index is 301. The first-order chi connectivity index (χ1) is 7.13. The predicted octanol–water partition coefficient (Wildman–Crippen LogP) is 1.93. The average Bonchev–Trinajstić information content (AvgIpc) is 2.18. The molecule has 2 N–H and O–H groups in total. The maximum absolute atomic E-state index is 12.9. The molecule has 3 heteroatoms. The lowest BCUT2D eigenvalue weighted by atomic mass is 10.1. The molecule has 1 aromatic carbocycles. The Morgan fingerprint density at radius 3 is 2.67 bits per heavy atom. The lowest BCUT2D eigenvalue weighted by molar-refractivity contribution is 0.210. The van der Waals surface area contributed by atoms with Gasteiger partial charge in [0.15, 0.2) is 0 Å². The van der Waals surface area contributed by atoms with Gasteiger partial charge in [-0.1, -0.05) is 26.0 Å². The molecule has 0 aliphatic heterocycles. The zero-order chi connectivity index (χ0) is 11.3. The summed E-state index contributed by atoms with van der Waals surface area (Å²) in [6.07, 6.45) is 0. The highest BCUT2D eigenvalue weighted by Crippen LogP contribution is 2.05. The minimum Gasteiger partial charge on any atom is -0.395 e. The van der Waals surface area contributed by atoms with E-state index < -0.39 is 0 Å². The Morgan fingerprint density at radius 2 is 2.13 bits per heavy atom. The van der Waals surface area contributed by atoms with Crippen LogP contribution in [0.3, 0.4) is 0 Å². The van der Waals surface area contributed by atoms with Gasteiger partial charge < -0.3 is 10.4 Å². The van der Waals surface area contributed by atoms with Crippen LogP contribution in [0.2, 0.25) is 0 Å². The molecule has 0 aliphatic rings. The Hall–Kier alpha value is -0.930. The number of aliphatic hydroxyl groups excluding tert-OH is 1. The minimum atomic E-state index is -0.223. The third-order valence-electron chi connectivity index (χ3n) is 2.46. The Morgan fingerprint density at radius 1 is 1.40 bits per heavy atom. The molecule has 0 fully saturated rings. The summed E-state index contributed by atoms with van der Waals surface area (Å²) in [4.78, 5) is 0. The van der Waals surface area contributed by atoms with E-state index in [9.17, 15) is 4.39 Å². The van der Waals surface area contributed by atoms with E-state index in [1.165, 1.54) is 12.1 Å². The van der Waals surface area contributed by atoms with Gasteiger partial charge in [0.05, 0.1) is 6.61 Å². The van der Waals surface area contributed by atoms with Gasteiger partial charge in [-0.05, 0) is 23.6 Å². The second-order valence-electron chi connectivity index (χ2n) is 4.04. The first-order valence-electron chi connectivity index (χ1n) is 5.22. The summed E-state index contributed by atoms with van der Waals surface area (Å²) in [7, 11) is 0. The van der Waals surface area contributed by atoms with Gasteiger partial charge in [-0.3, -0.25) is 0 Å². The molecular weight excluding hydrogens is 193 g/mol. The standard InChI is InChI=1S/C12H18FNO/c1-9(2)12(8-15)14-7-10-4-3-5-11(13)6-10/h3-6,9,12,14-15H,7-8H2,1-2H3/t12-/m0/s1. The molecule has 84 valence electrons. The number of aliphatic hydroxyl groups is 1. The van der Waals surface area contributed by atoms with Crippen molar-refractivity contribution in [1.82, 2.24) is 5.32 Å². The summed E-state index contributed by atoms with van der Waals surface area (Å²) < 4.78 is 12.9. The molecule has 0 unspecified atom stereocenters. The van der Waals surface area contributed by atoms with Crippen LogP contribution in [0.5, 0.6) is 0 Å². The molecule has 0 bridgehead atoms. The average molecular weight is 211 g/mol. The molecular formula is C12H18FNO. The molecule has 1 atom stereocenters. The monoisotopic (exact) mass is 211 g/mol. The SMILES string of the molecule is CC(C)[C@H](CO)NCc1cccc(F)c1. The summed E-state index contributed by atoms with van der Waals surface area (Å²) in [5.74, 6) is 0.142. The highest BCUT2D eigenvalue weighted by Gasteiger charge is 2.10. The Balaban J connectivity index is 2.49. The van der Waals surface area contributed by atoms with Crippen LogP contribution in [-0.2, 0) is 6.54 Å². The second kappa shape index (κ2) is 5.83. The van der Waals surface area contributed by atoms with Crippen molar-refractivity contribution in [3.8, 4) is 0 Å². The highest BCUT2D eigenvalue weighted by molar-refractivity contribution is 5.16. The fourth-order valence-corrected chi connectivity index (χ4v) is 1.41. The quantitative estimate of drug-likeness (QED) is 0.780. The van der Waals surface area contributed by atoms with Gasteiger partial charge in [0, 0.05) is 12.6 Å². The number of rotatable bonds is 5. The van der Waals surface area contributed by atoms with Gasteiger partial charge in [0.2, 0.25) is 0 Å². The molecule has 0 amide bonds. The third kappa shape index (κ3) is 3.98. The van der Waals surface area contributed by atoms with Gasteiger partial charge >= 0.3 is 0 Å².